The molecule has 1 heterocycles. The van der Waals surface area contributed by atoms with Crippen molar-refractivity contribution in [1.29, 1.82) is 0 Å². The summed E-state index contributed by atoms with van der Waals surface area (Å²) in [4.78, 5) is 16.6. The van der Waals surface area contributed by atoms with Gasteiger partial charge in [-0.15, -0.1) is 0 Å². The lowest BCUT2D eigenvalue weighted by molar-refractivity contribution is -0.139. The van der Waals surface area contributed by atoms with Gasteiger partial charge in [-0.3, -0.25) is 9.78 Å². The summed E-state index contributed by atoms with van der Waals surface area (Å²) in [6.45, 7) is 0. The molecular weight excluding hydrogens is 432 g/mol. The molecule has 0 spiro atoms. The van der Waals surface area contributed by atoms with Gasteiger partial charge in [0.1, 0.15) is 5.78 Å². The fourth-order valence-electron chi connectivity index (χ4n) is 4.38. The van der Waals surface area contributed by atoms with Gasteiger partial charge in [0.15, 0.2) is 0 Å². The maximum atomic E-state index is 13.6. The lowest BCUT2D eigenvalue weighted by Gasteiger charge is -2.23. The zero-order valence-electron chi connectivity index (χ0n) is 17.5. The first kappa shape index (κ1) is 24.3. The SMILES string of the molecule is O=C(CCC1CCCCC1)C[C@@H](c1ccc(C(F)(F)F)cc1)c1ncccc1C(F)(F)F. The smallest absolute Gasteiger partial charge is 0.300 e. The van der Waals surface area contributed by atoms with Crippen LogP contribution >= 0.6 is 0 Å². The summed E-state index contributed by atoms with van der Waals surface area (Å²) in [7, 11) is 0. The van der Waals surface area contributed by atoms with E-state index in [4.69, 9.17) is 0 Å². The fraction of sp³-hybridized carbons (Fsp3) is 0.500. The monoisotopic (exact) mass is 457 g/mol. The topological polar surface area (TPSA) is 30.0 Å². The summed E-state index contributed by atoms with van der Waals surface area (Å²) in [5.41, 5.74) is -2.02. The van der Waals surface area contributed by atoms with Gasteiger partial charge in [-0.05, 0) is 42.2 Å². The molecule has 1 saturated carbocycles. The minimum absolute atomic E-state index is 0.202. The Hall–Kier alpha value is -2.38. The molecule has 3 rings (SSSR count). The average molecular weight is 457 g/mol. The average Bonchev–Trinajstić information content (AvgIpc) is 2.76. The van der Waals surface area contributed by atoms with Crippen molar-refractivity contribution in [3.63, 3.8) is 0 Å². The minimum Gasteiger partial charge on any atom is -0.300 e. The number of carbonyl (C=O) groups excluding carboxylic acids is 1. The first-order valence-corrected chi connectivity index (χ1v) is 10.8. The van der Waals surface area contributed by atoms with E-state index in [0.29, 0.717) is 12.3 Å². The molecule has 0 amide bonds. The molecular formula is C24H25F6NO. The summed E-state index contributed by atoms with van der Waals surface area (Å²) in [5.74, 6) is -0.842. The van der Waals surface area contributed by atoms with E-state index in [1.54, 1.807) is 0 Å². The molecule has 1 aliphatic carbocycles. The standard InChI is InChI=1S/C24H25F6NO/c25-23(26,27)18-11-9-17(10-12-18)20(22-21(24(28,29)30)7-4-14-31-22)15-19(32)13-8-16-5-2-1-3-6-16/h4,7,9-12,14,16,20H,1-3,5-6,8,13,15H2/t20-/m0/s1. The summed E-state index contributed by atoms with van der Waals surface area (Å²) in [6.07, 6.45) is -1.84. The van der Waals surface area contributed by atoms with E-state index < -0.39 is 29.4 Å². The van der Waals surface area contributed by atoms with Gasteiger partial charge in [-0.1, -0.05) is 44.2 Å². The summed E-state index contributed by atoms with van der Waals surface area (Å²) < 4.78 is 79.6. The summed E-state index contributed by atoms with van der Waals surface area (Å²) in [5, 5.41) is 0. The van der Waals surface area contributed by atoms with Crippen LogP contribution in [0.25, 0.3) is 0 Å². The second-order valence-electron chi connectivity index (χ2n) is 8.39. The van der Waals surface area contributed by atoms with Crippen molar-refractivity contribution >= 4 is 5.78 Å². The van der Waals surface area contributed by atoms with Crippen molar-refractivity contribution in [3.8, 4) is 0 Å². The Labute approximate surface area is 183 Å². The molecule has 8 heteroatoms. The van der Waals surface area contributed by atoms with Gasteiger partial charge in [0, 0.05) is 25.0 Å². The lowest BCUT2D eigenvalue weighted by atomic mass is 9.83. The van der Waals surface area contributed by atoms with Crippen molar-refractivity contribution in [3.05, 3.63) is 65.0 Å². The molecule has 2 nitrogen and oxygen atoms in total. The van der Waals surface area contributed by atoms with Crippen LogP contribution in [0.5, 0.6) is 0 Å². The molecule has 0 N–H and O–H groups in total. The molecule has 2 aromatic rings. The third kappa shape index (κ3) is 6.33. The molecule has 1 atom stereocenters. The number of ketones is 1. The Morgan fingerprint density at radius 3 is 2.19 bits per heavy atom. The second-order valence-corrected chi connectivity index (χ2v) is 8.39. The van der Waals surface area contributed by atoms with Crippen molar-refractivity contribution < 1.29 is 31.1 Å². The highest BCUT2D eigenvalue weighted by Crippen LogP contribution is 2.39. The fourth-order valence-corrected chi connectivity index (χ4v) is 4.38. The number of hydrogen-bond donors (Lipinski definition) is 0. The molecule has 1 fully saturated rings. The van der Waals surface area contributed by atoms with E-state index in [1.165, 1.54) is 12.6 Å². The Kier molecular flexibility index (Phi) is 7.62. The van der Waals surface area contributed by atoms with E-state index in [0.717, 1.165) is 62.1 Å². The van der Waals surface area contributed by atoms with Gasteiger partial charge >= 0.3 is 12.4 Å². The minimum atomic E-state index is -4.70. The van der Waals surface area contributed by atoms with Crippen LogP contribution < -0.4 is 0 Å². The van der Waals surface area contributed by atoms with E-state index in [1.807, 2.05) is 0 Å². The maximum Gasteiger partial charge on any atom is 0.418 e. The maximum absolute atomic E-state index is 13.6. The molecule has 0 saturated heterocycles. The molecule has 32 heavy (non-hydrogen) atoms. The van der Waals surface area contributed by atoms with Crippen LogP contribution in [0.2, 0.25) is 0 Å². The number of carbonyl (C=O) groups is 1. The third-order valence-corrected chi connectivity index (χ3v) is 6.10. The first-order valence-electron chi connectivity index (χ1n) is 10.8. The van der Waals surface area contributed by atoms with E-state index in [9.17, 15) is 31.1 Å². The van der Waals surface area contributed by atoms with Gasteiger partial charge in [-0.25, -0.2) is 0 Å². The zero-order chi connectivity index (χ0) is 23.4. The second kappa shape index (κ2) is 10.0. The van der Waals surface area contributed by atoms with Crippen LogP contribution in [-0.4, -0.2) is 10.8 Å². The highest BCUT2D eigenvalue weighted by atomic mass is 19.4. The number of aromatic nitrogens is 1. The number of nitrogens with zero attached hydrogens (tertiary/aromatic N) is 1. The number of halogens is 6. The molecule has 0 unspecified atom stereocenters. The van der Waals surface area contributed by atoms with Gasteiger partial charge in [0.25, 0.3) is 0 Å². The number of pyridine rings is 1. The van der Waals surface area contributed by atoms with Crippen molar-refractivity contribution in [1.82, 2.24) is 4.98 Å². The zero-order valence-corrected chi connectivity index (χ0v) is 17.5. The lowest BCUT2D eigenvalue weighted by Crippen LogP contribution is -2.18. The number of rotatable bonds is 7. The Balaban J connectivity index is 1.87. The number of alkyl halides is 6. The predicted octanol–water partition coefficient (Wildman–Crippen LogP) is 7.57. The predicted molar refractivity (Wildman–Crippen MR) is 108 cm³/mol. The van der Waals surface area contributed by atoms with Crippen LogP contribution in [0.4, 0.5) is 26.3 Å². The molecule has 1 aromatic carbocycles. The van der Waals surface area contributed by atoms with Gasteiger partial charge in [0.2, 0.25) is 0 Å². The molecule has 174 valence electrons. The van der Waals surface area contributed by atoms with Crippen LogP contribution in [0.3, 0.4) is 0 Å². The summed E-state index contributed by atoms with van der Waals surface area (Å²) >= 11 is 0. The van der Waals surface area contributed by atoms with Crippen molar-refractivity contribution in [2.75, 3.05) is 0 Å². The molecule has 0 bridgehead atoms. The van der Waals surface area contributed by atoms with Crippen LogP contribution in [-0.2, 0) is 17.1 Å². The number of Topliss-reactive ketones (excluding diaryl/α,β-unsaturated/α-hetero) is 1. The van der Waals surface area contributed by atoms with Gasteiger partial charge < -0.3 is 0 Å². The highest BCUT2D eigenvalue weighted by molar-refractivity contribution is 5.80. The Bertz CT molecular complexity index is 898. The first-order chi connectivity index (χ1) is 15.1. The third-order valence-electron chi connectivity index (χ3n) is 6.10. The molecule has 1 aromatic heterocycles. The van der Waals surface area contributed by atoms with E-state index in [2.05, 4.69) is 4.98 Å². The van der Waals surface area contributed by atoms with Gasteiger partial charge in [0.05, 0.1) is 16.8 Å². The Morgan fingerprint density at radius 1 is 0.938 bits per heavy atom. The summed E-state index contributed by atoms with van der Waals surface area (Å²) in [6, 6.07) is 5.95. The molecule has 0 aliphatic heterocycles. The van der Waals surface area contributed by atoms with E-state index >= 15 is 0 Å². The number of benzene rings is 1. The molecule has 0 radical (unpaired) electrons. The van der Waals surface area contributed by atoms with Gasteiger partial charge in [-0.2, -0.15) is 26.3 Å². The molecule has 1 aliphatic rings. The highest BCUT2D eigenvalue weighted by Gasteiger charge is 2.37. The quantitative estimate of drug-likeness (QED) is 0.401. The normalized spacial score (nSPS) is 16.7. The van der Waals surface area contributed by atoms with Crippen molar-refractivity contribution in [2.45, 2.75) is 69.6 Å². The Morgan fingerprint density at radius 2 is 1.59 bits per heavy atom. The number of hydrogen-bond acceptors (Lipinski definition) is 2. The van der Waals surface area contributed by atoms with Crippen molar-refractivity contribution in [2.24, 2.45) is 5.92 Å². The van der Waals surface area contributed by atoms with Crippen LogP contribution in [0.1, 0.15) is 79.7 Å². The van der Waals surface area contributed by atoms with Crippen LogP contribution in [0, 0.1) is 5.92 Å². The largest absolute Gasteiger partial charge is 0.418 e. The van der Waals surface area contributed by atoms with E-state index in [-0.39, 0.29) is 29.9 Å². The van der Waals surface area contributed by atoms with Crippen LogP contribution in [0.15, 0.2) is 42.6 Å².